The van der Waals surface area contributed by atoms with E-state index in [1.165, 1.54) is 6.20 Å². The zero-order valence-corrected chi connectivity index (χ0v) is 17.2. The fourth-order valence-electron chi connectivity index (χ4n) is 2.29. The minimum Gasteiger partial charge on any atom is -0.387 e. The standard InChI is InChI=1S/C13H18N2O11P2S/c1-2-3-6-23-27(19,20)26-28(21,22)24-7-8-10(17)11(18)12(25-8)15-5-4-9(16)14-13(15)29/h1,4-5,8,10-12,17-18H,3,6-7H2,(H,19,20)(H,21,22)(H,14,16,29)/t8-,10-,11-,12-/m1/s1. The number of aromatic nitrogens is 2. The molecule has 0 spiro atoms. The Kier molecular flexibility index (Phi) is 8.08. The summed E-state index contributed by atoms with van der Waals surface area (Å²) in [4.78, 5) is 32.5. The van der Waals surface area contributed by atoms with Gasteiger partial charge >= 0.3 is 15.6 Å². The van der Waals surface area contributed by atoms with Gasteiger partial charge < -0.3 is 24.7 Å². The fraction of sp³-hybridized carbons (Fsp3) is 0.538. The average Bonchev–Trinajstić information content (AvgIpc) is 2.87. The predicted octanol–water partition coefficient (Wildman–Crippen LogP) is -0.201. The first-order valence-corrected chi connectivity index (χ1v) is 11.3. The molecule has 2 heterocycles. The summed E-state index contributed by atoms with van der Waals surface area (Å²) in [6.45, 7) is -1.20. The van der Waals surface area contributed by atoms with Gasteiger partial charge in [-0.3, -0.25) is 23.4 Å². The molecule has 13 nitrogen and oxygen atoms in total. The predicted molar refractivity (Wildman–Crippen MR) is 97.9 cm³/mol. The van der Waals surface area contributed by atoms with Gasteiger partial charge in [0.2, 0.25) is 0 Å². The number of rotatable bonds is 9. The maximum atomic E-state index is 11.8. The number of hydrogen-bond donors (Lipinski definition) is 5. The number of ether oxygens (including phenoxy) is 1. The van der Waals surface area contributed by atoms with Crippen molar-refractivity contribution in [2.24, 2.45) is 0 Å². The number of nitrogens with zero attached hydrogens (tertiary/aromatic N) is 1. The number of phosphoric acid groups is 2. The summed E-state index contributed by atoms with van der Waals surface area (Å²) >= 11 is 4.95. The quantitative estimate of drug-likeness (QED) is 0.138. The van der Waals surface area contributed by atoms with E-state index >= 15 is 0 Å². The van der Waals surface area contributed by atoms with Crippen LogP contribution in [0.3, 0.4) is 0 Å². The Hall–Kier alpha value is -1.20. The third kappa shape index (κ3) is 6.65. The maximum Gasteiger partial charge on any atom is 0.481 e. The Morgan fingerprint density at radius 3 is 2.55 bits per heavy atom. The second-order valence-electron chi connectivity index (χ2n) is 5.67. The molecule has 2 unspecified atom stereocenters. The first kappa shape index (κ1) is 24.1. The minimum atomic E-state index is -5.11. The van der Waals surface area contributed by atoms with Gasteiger partial charge in [0.25, 0.3) is 5.56 Å². The van der Waals surface area contributed by atoms with Crippen molar-refractivity contribution in [3.63, 3.8) is 0 Å². The van der Waals surface area contributed by atoms with E-state index in [1.54, 1.807) is 0 Å². The molecule has 1 aromatic heterocycles. The number of terminal acetylenes is 1. The third-order valence-corrected chi connectivity index (χ3v) is 6.52. The lowest BCUT2D eigenvalue weighted by Gasteiger charge is -2.19. The molecule has 0 radical (unpaired) electrons. The fourth-order valence-corrected chi connectivity index (χ4v) is 4.63. The Bertz CT molecular complexity index is 972. The Morgan fingerprint density at radius 1 is 1.28 bits per heavy atom. The lowest BCUT2D eigenvalue weighted by atomic mass is 10.1. The molecule has 1 aromatic rings. The molecule has 16 heteroatoms. The van der Waals surface area contributed by atoms with Crippen molar-refractivity contribution >= 4 is 27.9 Å². The number of nitrogens with one attached hydrogen (secondary N) is 1. The Morgan fingerprint density at radius 2 is 1.93 bits per heavy atom. The van der Waals surface area contributed by atoms with Crippen molar-refractivity contribution in [1.29, 1.82) is 0 Å². The molecule has 1 fully saturated rings. The van der Waals surface area contributed by atoms with Crippen LogP contribution in [-0.2, 0) is 27.2 Å². The topological polar surface area (TPSA) is 190 Å². The number of hydrogen-bond acceptors (Lipinski definition) is 10. The lowest BCUT2D eigenvalue weighted by Crippen LogP contribution is -2.34. The molecule has 29 heavy (non-hydrogen) atoms. The second-order valence-corrected chi connectivity index (χ2v) is 9.10. The molecule has 1 aliphatic rings. The summed E-state index contributed by atoms with van der Waals surface area (Å²) in [7, 11) is -10.0. The van der Waals surface area contributed by atoms with E-state index in [1.807, 2.05) is 0 Å². The van der Waals surface area contributed by atoms with Crippen LogP contribution in [0, 0.1) is 17.1 Å². The zero-order chi connectivity index (χ0) is 21.8. The van der Waals surface area contributed by atoms with Crippen LogP contribution in [-0.4, -0.2) is 61.1 Å². The highest BCUT2D eigenvalue weighted by molar-refractivity contribution is 7.71. The summed E-state index contributed by atoms with van der Waals surface area (Å²) < 4.78 is 42.9. The van der Waals surface area contributed by atoms with E-state index in [-0.39, 0.29) is 11.2 Å². The summed E-state index contributed by atoms with van der Waals surface area (Å²) in [6, 6.07) is 1.11. The van der Waals surface area contributed by atoms with Crippen molar-refractivity contribution in [2.75, 3.05) is 13.2 Å². The van der Waals surface area contributed by atoms with Gasteiger partial charge in [0, 0.05) is 18.7 Å². The third-order valence-electron chi connectivity index (χ3n) is 3.57. The van der Waals surface area contributed by atoms with E-state index < -0.39 is 59.0 Å². The first-order valence-electron chi connectivity index (χ1n) is 7.88. The summed E-state index contributed by atoms with van der Waals surface area (Å²) in [5.41, 5.74) is -0.490. The zero-order valence-electron chi connectivity index (χ0n) is 14.6. The van der Waals surface area contributed by atoms with Crippen molar-refractivity contribution in [3.05, 3.63) is 27.4 Å². The van der Waals surface area contributed by atoms with E-state index in [4.69, 9.17) is 23.4 Å². The second kappa shape index (κ2) is 9.74. The van der Waals surface area contributed by atoms with Crippen LogP contribution in [0.2, 0.25) is 0 Å². The number of phosphoric ester groups is 2. The van der Waals surface area contributed by atoms with Crippen molar-refractivity contribution in [3.8, 4) is 12.3 Å². The first-order chi connectivity index (χ1) is 13.5. The molecule has 0 aliphatic carbocycles. The van der Waals surface area contributed by atoms with Gasteiger partial charge in [-0.05, 0) is 12.2 Å². The Labute approximate surface area is 169 Å². The normalized spacial score (nSPS) is 28.4. The number of aromatic amines is 1. The van der Waals surface area contributed by atoms with Crippen LogP contribution >= 0.6 is 27.9 Å². The van der Waals surface area contributed by atoms with Crippen molar-refractivity contribution in [1.82, 2.24) is 9.55 Å². The molecular formula is C13H18N2O11P2S. The highest BCUT2D eigenvalue weighted by atomic mass is 32.1. The molecule has 0 bridgehead atoms. The number of aliphatic hydroxyl groups excluding tert-OH is 2. The molecule has 0 aromatic carbocycles. The maximum absolute atomic E-state index is 11.8. The monoisotopic (exact) mass is 472 g/mol. The molecule has 1 saturated heterocycles. The van der Waals surface area contributed by atoms with Crippen LogP contribution in [0.15, 0.2) is 17.1 Å². The highest BCUT2D eigenvalue weighted by Gasteiger charge is 2.45. The minimum absolute atomic E-state index is 0.0425. The van der Waals surface area contributed by atoms with Gasteiger partial charge in [-0.15, -0.1) is 12.3 Å². The molecule has 0 amide bonds. The van der Waals surface area contributed by atoms with Gasteiger partial charge in [-0.25, -0.2) is 9.13 Å². The van der Waals surface area contributed by atoms with Crippen LogP contribution in [0.4, 0.5) is 0 Å². The van der Waals surface area contributed by atoms with Crippen molar-refractivity contribution in [2.45, 2.75) is 31.0 Å². The number of aliphatic hydroxyl groups is 2. The Balaban J connectivity index is 2.00. The highest BCUT2D eigenvalue weighted by Crippen LogP contribution is 2.60. The molecule has 162 valence electrons. The van der Waals surface area contributed by atoms with Crippen LogP contribution in [0.1, 0.15) is 12.6 Å². The molecule has 1 aliphatic heterocycles. The molecule has 0 saturated carbocycles. The smallest absolute Gasteiger partial charge is 0.387 e. The van der Waals surface area contributed by atoms with Gasteiger partial charge in [0.15, 0.2) is 11.0 Å². The molecule has 5 N–H and O–H groups in total. The van der Waals surface area contributed by atoms with Crippen molar-refractivity contribution < 1.29 is 47.2 Å². The van der Waals surface area contributed by atoms with Crippen LogP contribution in [0.5, 0.6) is 0 Å². The summed E-state index contributed by atoms with van der Waals surface area (Å²) in [6.07, 6.45) is 0.432. The van der Waals surface area contributed by atoms with Gasteiger partial charge in [0.05, 0.1) is 13.2 Å². The summed E-state index contributed by atoms with van der Waals surface area (Å²) in [5, 5.41) is 20.2. The van der Waals surface area contributed by atoms with E-state index in [9.17, 15) is 33.9 Å². The lowest BCUT2D eigenvalue weighted by molar-refractivity contribution is -0.0534. The molecule has 2 rings (SSSR count). The van der Waals surface area contributed by atoms with Gasteiger partial charge in [0.1, 0.15) is 18.3 Å². The van der Waals surface area contributed by atoms with Gasteiger partial charge in [-0.1, -0.05) is 0 Å². The largest absolute Gasteiger partial charge is 0.481 e. The van der Waals surface area contributed by atoms with Gasteiger partial charge in [-0.2, -0.15) is 4.31 Å². The SMILES string of the molecule is C#CCCOP(=O)(O)OP(=O)(O)OC[C@H]1O[C@@H](n2ccc(=O)[nH]c2=S)[C@H](O)[C@@H]1O. The van der Waals surface area contributed by atoms with Crippen LogP contribution < -0.4 is 5.56 Å². The van der Waals surface area contributed by atoms with Crippen LogP contribution in [0.25, 0.3) is 0 Å². The van der Waals surface area contributed by atoms with E-state index in [2.05, 4.69) is 24.3 Å². The molecule has 6 atom stereocenters. The van der Waals surface area contributed by atoms with E-state index in [0.29, 0.717) is 0 Å². The van der Waals surface area contributed by atoms with E-state index in [0.717, 1.165) is 10.6 Å². The average molecular weight is 472 g/mol. The summed E-state index contributed by atoms with van der Waals surface area (Å²) in [5.74, 6) is 2.13. The molecular weight excluding hydrogens is 454 g/mol. The number of H-pyrrole nitrogens is 1.